The predicted octanol–water partition coefficient (Wildman–Crippen LogP) is 8.40. The summed E-state index contributed by atoms with van der Waals surface area (Å²) >= 11 is 0. The van der Waals surface area contributed by atoms with Crippen LogP contribution in [0.25, 0.3) is 22.3 Å². The number of halogens is 1. The zero-order valence-corrected chi connectivity index (χ0v) is 16.2. The van der Waals surface area contributed by atoms with E-state index in [9.17, 15) is 4.39 Å². The second-order valence-electron chi connectivity index (χ2n) is 8.14. The normalized spacial score (nSPS) is 19.1. The summed E-state index contributed by atoms with van der Waals surface area (Å²) in [4.78, 5) is 0. The van der Waals surface area contributed by atoms with Crippen LogP contribution in [0.5, 0.6) is 0 Å². The van der Waals surface area contributed by atoms with Gasteiger partial charge in [-0.2, -0.15) is 0 Å². The van der Waals surface area contributed by atoms with E-state index in [0.717, 1.165) is 22.6 Å². The fourth-order valence-electron chi connectivity index (χ4n) is 4.20. The van der Waals surface area contributed by atoms with Gasteiger partial charge in [0.25, 0.3) is 0 Å². The molecule has 0 aliphatic heterocycles. The Labute approximate surface area is 169 Å². The third kappa shape index (κ3) is 4.35. The molecule has 3 aromatic rings. The van der Waals surface area contributed by atoms with E-state index in [1.54, 1.807) is 6.07 Å². The summed E-state index contributed by atoms with van der Waals surface area (Å²) in [6.45, 7) is 4.40. The molecule has 28 heavy (non-hydrogen) atoms. The van der Waals surface area contributed by atoms with Gasteiger partial charge in [0.2, 0.25) is 0 Å². The van der Waals surface area contributed by atoms with Gasteiger partial charge in [-0.25, -0.2) is 4.39 Å². The van der Waals surface area contributed by atoms with Gasteiger partial charge in [-0.1, -0.05) is 93.4 Å². The summed E-state index contributed by atoms with van der Waals surface area (Å²) in [6.07, 6.45) is 5.25. The van der Waals surface area contributed by atoms with Crippen molar-refractivity contribution in [2.45, 2.75) is 52.9 Å². The average molecular weight is 375 g/mol. The minimum absolute atomic E-state index is 0. The van der Waals surface area contributed by atoms with E-state index in [4.69, 9.17) is 0 Å². The molecular formula is C27H31F. The van der Waals surface area contributed by atoms with Gasteiger partial charge in [-0.15, -0.1) is 0 Å². The van der Waals surface area contributed by atoms with E-state index in [0.29, 0.717) is 11.5 Å². The van der Waals surface area contributed by atoms with Crippen LogP contribution in [-0.2, 0) is 0 Å². The molecule has 0 nitrogen and oxygen atoms in total. The Balaban J connectivity index is 0.00000225. The standard InChI is InChI=1S/C26H27F.CH4/c1-18-3-7-20(8-4-18)21-11-13-22(14-12-21)24-15-16-25(26(27)17-24)23-9-5-19(2)6-10-23;/h5-6,9-18,20H,3-4,7-8H2,1-2H3;1H4. The van der Waals surface area contributed by atoms with Crippen molar-refractivity contribution in [3.63, 3.8) is 0 Å². The maximum Gasteiger partial charge on any atom is 0.131 e. The van der Waals surface area contributed by atoms with Gasteiger partial charge in [0, 0.05) is 5.56 Å². The molecular weight excluding hydrogens is 343 g/mol. The third-order valence-corrected chi connectivity index (χ3v) is 6.06. The van der Waals surface area contributed by atoms with Crippen molar-refractivity contribution in [3.8, 4) is 22.3 Å². The van der Waals surface area contributed by atoms with Crippen molar-refractivity contribution in [2.75, 3.05) is 0 Å². The molecule has 1 aliphatic rings. The Morgan fingerprint density at radius 1 is 0.714 bits per heavy atom. The molecule has 0 N–H and O–H groups in total. The Hall–Kier alpha value is -2.41. The van der Waals surface area contributed by atoms with Crippen LogP contribution >= 0.6 is 0 Å². The van der Waals surface area contributed by atoms with Crippen molar-refractivity contribution in [1.29, 1.82) is 0 Å². The van der Waals surface area contributed by atoms with Gasteiger partial charge in [-0.05, 0) is 59.9 Å². The second kappa shape index (κ2) is 8.73. The molecule has 1 aliphatic carbocycles. The highest BCUT2D eigenvalue weighted by molar-refractivity contribution is 5.71. The minimum atomic E-state index is -0.165. The van der Waals surface area contributed by atoms with Gasteiger partial charge in [0.15, 0.2) is 0 Å². The number of hydrogen-bond acceptors (Lipinski definition) is 0. The van der Waals surface area contributed by atoms with E-state index in [1.165, 1.54) is 36.8 Å². The molecule has 1 fully saturated rings. The van der Waals surface area contributed by atoms with Crippen LogP contribution in [0.15, 0.2) is 66.7 Å². The van der Waals surface area contributed by atoms with Crippen LogP contribution < -0.4 is 0 Å². The lowest BCUT2D eigenvalue weighted by Crippen LogP contribution is -2.10. The molecule has 0 radical (unpaired) electrons. The van der Waals surface area contributed by atoms with Gasteiger partial charge < -0.3 is 0 Å². The third-order valence-electron chi connectivity index (χ3n) is 6.06. The topological polar surface area (TPSA) is 0 Å². The summed E-state index contributed by atoms with van der Waals surface area (Å²) in [5, 5.41) is 0. The monoisotopic (exact) mass is 374 g/mol. The lowest BCUT2D eigenvalue weighted by Gasteiger charge is -2.26. The Morgan fingerprint density at radius 2 is 1.29 bits per heavy atom. The lowest BCUT2D eigenvalue weighted by molar-refractivity contribution is 0.348. The fraction of sp³-hybridized carbons (Fsp3) is 0.333. The van der Waals surface area contributed by atoms with E-state index in [-0.39, 0.29) is 13.2 Å². The number of hydrogen-bond donors (Lipinski definition) is 0. The quantitative estimate of drug-likeness (QED) is 0.432. The number of rotatable bonds is 3. The van der Waals surface area contributed by atoms with E-state index in [1.807, 2.05) is 43.3 Å². The maximum absolute atomic E-state index is 14.7. The minimum Gasteiger partial charge on any atom is -0.206 e. The molecule has 1 saturated carbocycles. The molecule has 0 atom stereocenters. The van der Waals surface area contributed by atoms with Crippen molar-refractivity contribution in [1.82, 2.24) is 0 Å². The first-order valence-electron chi connectivity index (χ1n) is 10.1. The summed E-state index contributed by atoms with van der Waals surface area (Å²) in [6, 6.07) is 22.3. The van der Waals surface area contributed by atoms with Gasteiger partial charge in [0.05, 0.1) is 0 Å². The molecule has 0 saturated heterocycles. The molecule has 3 aromatic carbocycles. The molecule has 0 spiro atoms. The highest BCUT2D eigenvalue weighted by Crippen LogP contribution is 2.36. The van der Waals surface area contributed by atoms with Gasteiger partial charge in [-0.3, -0.25) is 0 Å². The van der Waals surface area contributed by atoms with Crippen LogP contribution in [0.1, 0.15) is 57.1 Å². The highest BCUT2D eigenvalue weighted by atomic mass is 19.1. The van der Waals surface area contributed by atoms with Gasteiger partial charge in [0.1, 0.15) is 5.82 Å². The van der Waals surface area contributed by atoms with Crippen molar-refractivity contribution < 1.29 is 4.39 Å². The van der Waals surface area contributed by atoms with Crippen LogP contribution in [0.4, 0.5) is 4.39 Å². The van der Waals surface area contributed by atoms with Crippen molar-refractivity contribution in [2.24, 2.45) is 5.92 Å². The van der Waals surface area contributed by atoms with Crippen LogP contribution in [0.3, 0.4) is 0 Å². The Kier molecular flexibility index (Phi) is 6.34. The van der Waals surface area contributed by atoms with Crippen LogP contribution in [0.2, 0.25) is 0 Å². The summed E-state index contributed by atoms with van der Waals surface area (Å²) < 4.78 is 14.7. The molecule has 146 valence electrons. The maximum atomic E-state index is 14.7. The van der Waals surface area contributed by atoms with Crippen molar-refractivity contribution >= 4 is 0 Å². The first-order valence-corrected chi connectivity index (χ1v) is 10.1. The second-order valence-corrected chi connectivity index (χ2v) is 8.14. The largest absolute Gasteiger partial charge is 0.206 e. The number of aryl methyl sites for hydroxylation is 1. The molecule has 0 aromatic heterocycles. The van der Waals surface area contributed by atoms with Crippen molar-refractivity contribution in [3.05, 3.63) is 83.7 Å². The highest BCUT2D eigenvalue weighted by Gasteiger charge is 2.19. The smallest absolute Gasteiger partial charge is 0.131 e. The zero-order valence-electron chi connectivity index (χ0n) is 16.2. The molecule has 4 rings (SSSR count). The predicted molar refractivity (Wildman–Crippen MR) is 119 cm³/mol. The summed E-state index contributed by atoms with van der Waals surface area (Å²) in [7, 11) is 0. The Bertz CT molecular complexity index is 898. The molecule has 0 unspecified atom stereocenters. The van der Waals surface area contributed by atoms with E-state index in [2.05, 4.69) is 31.2 Å². The van der Waals surface area contributed by atoms with Gasteiger partial charge >= 0.3 is 0 Å². The molecule has 0 bridgehead atoms. The van der Waals surface area contributed by atoms with Crippen LogP contribution in [0, 0.1) is 18.7 Å². The molecule has 1 heteroatoms. The first kappa shape index (κ1) is 20.3. The molecule has 0 amide bonds. The lowest BCUT2D eigenvalue weighted by atomic mass is 9.79. The van der Waals surface area contributed by atoms with Crippen LogP contribution in [-0.4, -0.2) is 0 Å². The van der Waals surface area contributed by atoms with E-state index >= 15 is 0 Å². The zero-order chi connectivity index (χ0) is 18.8. The Morgan fingerprint density at radius 3 is 1.89 bits per heavy atom. The first-order chi connectivity index (χ1) is 13.1. The number of benzene rings is 3. The molecule has 0 heterocycles. The summed E-state index contributed by atoms with van der Waals surface area (Å²) in [5.41, 5.74) is 6.22. The fourth-order valence-corrected chi connectivity index (χ4v) is 4.20. The average Bonchev–Trinajstić information content (AvgIpc) is 2.69. The SMILES string of the molecule is C.Cc1ccc(-c2ccc(-c3ccc(C4CCC(C)CC4)cc3)cc2F)cc1. The van der Waals surface area contributed by atoms with E-state index < -0.39 is 0 Å². The summed E-state index contributed by atoms with van der Waals surface area (Å²) in [5.74, 6) is 1.40.